The number of hydrogen-bond donors (Lipinski definition) is 1. The first-order chi connectivity index (χ1) is 11.9. The zero-order valence-corrected chi connectivity index (χ0v) is 15.1. The molecule has 0 unspecified atom stereocenters. The Kier molecular flexibility index (Phi) is 6.81. The molecule has 0 atom stereocenters. The molecule has 0 radical (unpaired) electrons. The highest BCUT2D eigenvalue weighted by molar-refractivity contribution is 8.00. The predicted molar refractivity (Wildman–Crippen MR) is 96.6 cm³/mol. The Bertz CT molecular complexity index is 659. The van der Waals surface area contributed by atoms with Gasteiger partial charge in [0.1, 0.15) is 0 Å². The topological polar surface area (TPSA) is 107 Å². The molecule has 1 aromatic carbocycles. The summed E-state index contributed by atoms with van der Waals surface area (Å²) in [7, 11) is 0. The molecule has 1 aliphatic rings. The summed E-state index contributed by atoms with van der Waals surface area (Å²) >= 11 is 1.13. The molecule has 0 aliphatic heterocycles. The fourth-order valence-electron chi connectivity index (χ4n) is 3.19. The van der Waals surface area contributed by atoms with Crippen molar-refractivity contribution >= 4 is 29.3 Å². The second-order valence-corrected chi connectivity index (χ2v) is 7.08. The zero-order valence-electron chi connectivity index (χ0n) is 14.3. The number of amides is 2. The van der Waals surface area contributed by atoms with Crippen LogP contribution >= 0.6 is 11.8 Å². The highest BCUT2D eigenvalue weighted by Gasteiger charge is 2.25. The second kappa shape index (κ2) is 8.84. The lowest BCUT2D eigenvalue weighted by Gasteiger charge is -2.33. The van der Waals surface area contributed by atoms with Crippen LogP contribution < -0.4 is 5.73 Å². The minimum atomic E-state index is -0.717. The third kappa shape index (κ3) is 4.94. The van der Waals surface area contributed by atoms with Crippen molar-refractivity contribution in [3.8, 4) is 0 Å². The van der Waals surface area contributed by atoms with Gasteiger partial charge in [-0.15, -0.1) is 11.8 Å². The summed E-state index contributed by atoms with van der Waals surface area (Å²) in [6.07, 6.45) is 5.55. The third-order valence-electron chi connectivity index (χ3n) is 4.47. The summed E-state index contributed by atoms with van der Waals surface area (Å²) in [5.74, 6) is -0.584. The Morgan fingerprint density at radius 2 is 2.00 bits per heavy atom. The van der Waals surface area contributed by atoms with Gasteiger partial charge in [0.05, 0.1) is 15.6 Å². The Balaban J connectivity index is 2.07. The molecule has 2 N–H and O–H groups in total. The number of nitrogens with two attached hydrogens (primary N) is 1. The molecule has 0 spiro atoms. The molecule has 25 heavy (non-hydrogen) atoms. The van der Waals surface area contributed by atoms with Crippen LogP contribution in [0.2, 0.25) is 0 Å². The van der Waals surface area contributed by atoms with E-state index in [4.69, 9.17) is 5.73 Å². The molecule has 0 heterocycles. The standard InChI is InChI=1S/C17H23N3O4S/c1-2-19(13-6-4-3-5-7-13)16(21)11-25-15-9-8-12(17(18)22)10-14(15)20(23)24/h8-10,13H,2-7,11H2,1H3,(H2,18,22). The lowest BCUT2D eigenvalue weighted by Crippen LogP contribution is -2.42. The van der Waals surface area contributed by atoms with Gasteiger partial charge in [0.15, 0.2) is 0 Å². The van der Waals surface area contributed by atoms with Crippen LogP contribution in [0.5, 0.6) is 0 Å². The molecule has 2 amide bonds. The molecule has 1 aromatic rings. The number of benzene rings is 1. The maximum Gasteiger partial charge on any atom is 0.283 e. The molecule has 8 heteroatoms. The van der Waals surface area contributed by atoms with E-state index in [0.29, 0.717) is 11.4 Å². The SMILES string of the molecule is CCN(C(=O)CSc1ccc(C(N)=O)cc1[N+](=O)[O-])C1CCCCC1. The summed E-state index contributed by atoms with van der Waals surface area (Å²) < 4.78 is 0. The van der Waals surface area contributed by atoms with E-state index in [1.165, 1.54) is 18.6 Å². The van der Waals surface area contributed by atoms with Gasteiger partial charge in [-0.2, -0.15) is 0 Å². The van der Waals surface area contributed by atoms with Gasteiger partial charge < -0.3 is 10.6 Å². The van der Waals surface area contributed by atoms with Gasteiger partial charge in [0.25, 0.3) is 5.69 Å². The molecule has 0 saturated heterocycles. The number of nitro benzene ring substituents is 1. The van der Waals surface area contributed by atoms with Crippen molar-refractivity contribution in [3.05, 3.63) is 33.9 Å². The summed E-state index contributed by atoms with van der Waals surface area (Å²) in [5.41, 5.74) is 5.05. The van der Waals surface area contributed by atoms with E-state index in [-0.39, 0.29) is 29.0 Å². The van der Waals surface area contributed by atoms with Crippen molar-refractivity contribution in [2.75, 3.05) is 12.3 Å². The number of thioether (sulfide) groups is 1. The van der Waals surface area contributed by atoms with E-state index < -0.39 is 10.8 Å². The number of hydrogen-bond acceptors (Lipinski definition) is 5. The van der Waals surface area contributed by atoms with Gasteiger partial charge >= 0.3 is 0 Å². The molecule has 0 bridgehead atoms. The molecule has 136 valence electrons. The maximum absolute atomic E-state index is 12.6. The minimum Gasteiger partial charge on any atom is -0.366 e. The summed E-state index contributed by atoms with van der Waals surface area (Å²) in [5, 5.41) is 11.2. The van der Waals surface area contributed by atoms with Crippen LogP contribution in [0.3, 0.4) is 0 Å². The smallest absolute Gasteiger partial charge is 0.283 e. The van der Waals surface area contributed by atoms with Gasteiger partial charge in [-0.3, -0.25) is 19.7 Å². The monoisotopic (exact) mass is 365 g/mol. The third-order valence-corrected chi connectivity index (χ3v) is 5.52. The summed E-state index contributed by atoms with van der Waals surface area (Å²) in [6.45, 7) is 2.61. The van der Waals surface area contributed by atoms with Crippen molar-refractivity contribution < 1.29 is 14.5 Å². The molecule has 7 nitrogen and oxygen atoms in total. The van der Waals surface area contributed by atoms with Crippen LogP contribution in [0.15, 0.2) is 23.1 Å². The number of rotatable bonds is 7. The average Bonchev–Trinajstić information content (AvgIpc) is 2.61. The first-order valence-electron chi connectivity index (χ1n) is 8.44. The minimum absolute atomic E-state index is 0.00678. The molecule has 1 fully saturated rings. The Morgan fingerprint density at radius 1 is 1.32 bits per heavy atom. The first kappa shape index (κ1) is 19.2. The summed E-state index contributed by atoms with van der Waals surface area (Å²) in [6, 6.07) is 4.36. The van der Waals surface area contributed by atoms with Gasteiger partial charge in [0, 0.05) is 24.2 Å². The Labute approximate surface area is 151 Å². The normalized spacial score (nSPS) is 14.9. The van der Waals surface area contributed by atoms with Crippen molar-refractivity contribution in [2.45, 2.75) is 50.0 Å². The van der Waals surface area contributed by atoms with Crippen molar-refractivity contribution in [2.24, 2.45) is 5.73 Å². The van der Waals surface area contributed by atoms with Crippen LogP contribution in [0.4, 0.5) is 5.69 Å². The highest BCUT2D eigenvalue weighted by Crippen LogP contribution is 2.31. The molecule has 1 aliphatic carbocycles. The number of carbonyl (C=O) groups is 2. The highest BCUT2D eigenvalue weighted by atomic mass is 32.2. The zero-order chi connectivity index (χ0) is 18.4. The average molecular weight is 365 g/mol. The molecular formula is C17H23N3O4S. The molecule has 0 aromatic heterocycles. The number of primary amides is 1. The van der Waals surface area contributed by atoms with Crippen LogP contribution in [-0.2, 0) is 4.79 Å². The van der Waals surface area contributed by atoms with Crippen molar-refractivity contribution in [1.29, 1.82) is 0 Å². The number of nitrogens with zero attached hydrogens (tertiary/aromatic N) is 2. The van der Waals surface area contributed by atoms with Gasteiger partial charge in [-0.05, 0) is 31.9 Å². The van der Waals surface area contributed by atoms with Crippen molar-refractivity contribution in [3.63, 3.8) is 0 Å². The van der Waals surface area contributed by atoms with Gasteiger partial charge in [-0.1, -0.05) is 19.3 Å². The van der Waals surface area contributed by atoms with E-state index in [1.54, 1.807) is 0 Å². The van der Waals surface area contributed by atoms with E-state index in [1.807, 2.05) is 11.8 Å². The van der Waals surface area contributed by atoms with E-state index in [2.05, 4.69) is 0 Å². The van der Waals surface area contributed by atoms with Crippen LogP contribution in [0.1, 0.15) is 49.4 Å². The Hall–Kier alpha value is -2.09. The summed E-state index contributed by atoms with van der Waals surface area (Å²) in [4.78, 5) is 36.7. The molecule has 2 rings (SSSR count). The van der Waals surface area contributed by atoms with Crippen LogP contribution in [-0.4, -0.2) is 40.0 Å². The largest absolute Gasteiger partial charge is 0.366 e. The number of carbonyl (C=O) groups excluding carboxylic acids is 2. The lowest BCUT2D eigenvalue weighted by atomic mass is 9.94. The van der Waals surface area contributed by atoms with Gasteiger partial charge in [0.2, 0.25) is 11.8 Å². The van der Waals surface area contributed by atoms with Crippen LogP contribution in [0.25, 0.3) is 0 Å². The molecule has 1 saturated carbocycles. The van der Waals surface area contributed by atoms with Gasteiger partial charge in [-0.25, -0.2) is 0 Å². The molecular weight excluding hydrogens is 342 g/mol. The fraction of sp³-hybridized carbons (Fsp3) is 0.529. The van der Waals surface area contributed by atoms with Crippen molar-refractivity contribution in [1.82, 2.24) is 4.90 Å². The van der Waals surface area contributed by atoms with Crippen LogP contribution in [0, 0.1) is 10.1 Å². The maximum atomic E-state index is 12.6. The lowest BCUT2D eigenvalue weighted by molar-refractivity contribution is -0.387. The first-order valence-corrected chi connectivity index (χ1v) is 9.43. The number of nitro groups is 1. The van der Waals surface area contributed by atoms with E-state index in [9.17, 15) is 19.7 Å². The van der Waals surface area contributed by atoms with E-state index in [0.717, 1.165) is 43.5 Å². The quantitative estimate of drug-likeness (QED) is 0.454. The Morgan fingerprint density at radius 3 is 2.56 bits per heavy atom. The van der Waals surface area contributed by atoms with E-state index >= 15 is 0 Å². The predicted octanol–water partition coefficient (Wildman–Crippen LogP) is 2.97. The fourth-order valence-corrected chi connectivity index (χ4v) is 4.08. The second-order valence-electron chi connectivity index (χ2n) is 6.06.